The van der Waals surface area contributed by atoms with Crippen molar-refractivity contribution in [3.63, 3.8) is 0 Å². The van der Waals surface area contributed by atoms with Gasteiger partial charge in [0.15, 0.2) is 3.92 Å². The van der Waals surface area contributed by atoms with Crippen molar-refractivity contribution in [2.75, 3.05) is 23.9 Å². The summed E-state index contributed by atoms with van der Waals surface area (Å²) >= 11 is 4.56. The first-order chi connectivity index (χ1) is 6.47. The molecule has 0 radical (unpaired) electrons. The molecular weight excluding hydrogens is 290 g/mol. The standard InChI is InChI=1S/C6H10BrN3O2S2/c1-14(11,12)4-2-3-8-6-10-9-5(7)13-6/h2-4H2,1H3,(H,8,10). The largest absolute Gasteiger partial charge is 0.360 e. The number of aromatic nitrogens is 2. The fourth-order valence-corrected chi connectivity index (χ4v) is 2.51. The molecule has 1 aromatic heterocycles. The van der Waals surface area contributed by atoms with Crippen LogP contribution in [0, 0.1) is 0 Å². The molecule has 0 fully saturated rings. The summed E-state index contributed by atoms with van der Waals surface area (Å²) in [5, 5.41) is 11.2. The molecule has 0 aliphatic carbocycles. The van der Waals surface area contributed by atoms with E-state index in [1.807, 2.05) is 0 Å². The minimum absolute atomic E-state index is 0.194. The van der Waals surface area contributed by atoms with Crippen LogP contribution in [0.5, 0.6) is 0 Å². The van der Waals surface area contributed by atoms with Crippen molar-refractivity contribution in [2.24, 2.45) is 0 Å². The van der Waals surface area contributed by atoms with E-state index in [9.17, 15) is 8.42 Å². The normalized spacial score (nSPS) is 11.6. The highest BCUT2D eigenvalue weighted by Gasteiger charge is 2.03. The van der Waals surface area contributed by atoms with Crippen molar-refractivity contribution in [1.29, 1.82) is 0 Å². The first-order valence-corrected chi connectivity index (χ1v) is 7.55. The molecule has 0 aliphatic heterocycles. The third-order valence-electron chi connectivity index (χ3n) is 1.37. The van der Waals surface area contributed by atoms with Gasteiger partial charge in [-0.1, -0.05) is 11.3 Å². The quantitative estimate of drug-likeness (QED) is 0.826. The summed E-state index contributed by atoms with van der Waals surface area (Å²) in [5.41, 5.74) is 0. The molecule has 0 amide bonds. The maximum absolute atomic E-state index is 10.8. The average Bonchev–Trinajstić information content (AvgIpc) is 2.44. The van der Waals surface area contributed by atoms with Gasteiger partial charge in [-0.2, -0.15) is 0 Å². The summed E-state index contributed by atoms with van der Waals surface area (Å²) in [6, 6.07) is 0. The first kappa shape index (κ1) is 11.9. The topological polar surface area (TPSA) is 72.0 Å². The second-order valence-corrected chi connectivity index (χ2v) is 7.28. The lowest BCUT2D eigenvalue weighted by atomic mass is 10.5. The van der Waals surface area contributed by atoms with Gasteiger partial charge in [0, 0.05) is 12.8 Å². The highest BCUT2D eigenvalue weighted by molar-refractivity contribution is 9.11. The minimum atomic E-state index is -2.86. The number of rotatable bonds is 5. The van der Waals surface area contributed by atoms with Gasteiger partial charge in [0.2, 0.25) is 5.13 Å². The average molecular weight is 300 g/mol. The smallest absolute Gasteiger partial charge is 0.206 e. The van der Waals surface area contributed by atoms with E-state index in [4.69, 9.17) is 0 Å². The Morgan fingerprint density at radius 3 is 2.71 bits per heavy atom. The van der Waals surface area contributed by atoms with Gasteiger partial charge < -0.3 is 5.32 Å². The number of hydrogen-bond acceptors (Lipinski definition) is 6. The van der Waals surface area contributed by atoms with Crippen molar-refractivity contribution in [3.05, 3.63) is 3.92 Å². The summed E-state index contributed by atoms with van der Waals surface area (Å²) in [5.74, 6) is 0.194. The van der Waals surface area contributed by atoms with Gasteiger partial charge in [-0.25, -0.2) is 8.42 Å². The molecule has 5 nitrogen and oxygen atoms in total. The first-order valence-electron chi connectivity index (χ1n) is 3.88. The van der Waals surface area contributed by atoms with Gasteiger partial charge in [-0.3, -0.25) is 0 Å². The molecule has 0 atom stereocenters. The van der Waals surface area contributed by atoms with E-state index in [1.165, 1.54) is 17.6 Å². The number of sulfone groups is 1. The van der Waals surface area contributed by atoms with Crippen molar-refractivity contribution in [3.8, 4) is 0 Å². The van der Waals surface area contributed by atoms with Crippen LogP contribution in [0.15, 0.2) is 3.92 Å². The van der Waals surface area contributed by atoms with Crippen LogP contribution in [0.1, 0.15) is 6.42 Å². The highest BCUT2D eigenvalue weighted by atomic mass is 79.9. The summed E-state index contributed by atoms with van der Waals surface area (Å²) in [6.45, 7) is 0.592. The van der Waals surface area contributed by atoms with E-state index in [0.29, 0.717) is 22.0 Å². The Morgan fingerprint density at radius 2 is 2.21 bits per heavy atom. The fraction of sp³-hybridized carbons (Fsp3) is 0.667. The van der Waals surface area contributed by atoms with E-state index >= 15 is 0 Å². The van der Waals surface area contributed by atoms with Crippen LogP contribution in [-0.4, -0.2) is 37.2 Å². The van der Waals surface area contributed by atoms with E-state index in [-0.39, 0.29) is 5.75 Å². The Morgan fingerprint density at radius 1 is 1.50 bits per heavy atom. The maximum Gasteiger partial charge on any atom is 0.206 e. The maximum atomic E-state index is 10.8. The SMILES string of the molecule is CS(=O)(=O)CCCNc1nnc(Br)s1. The molecule has 0 saturated carbocycles. The van der Waals surface area contributed by atoms with E-state index in [2.05, 4.69) is 31.4 Å². The lowest BCUT2D eigenvalue weighted by Gasteiger charge is -1.99. The van der Waals surface area contributed by atoms with Crippen LogP contribution < -0.4 is 5.32 Å². The lowest BCUT2D eigenvalue weighted by Crippen LogP contribution is -2.09. The summed E-state index contributed by atoms with van der Waals surface area (Å²) in [6.07, 6.45) is 1.81. The van der Waals surface area contributed by atoms with Gasteiger partial charge in [0.05, 0.1) is 5.75 Å². The summed E-state index contributed by atoms with van der Waals surface area (Å²) < 4.78 is 22.3. The molecule has 80 valence electrons. The van der Waals surface area contributed by atoms with Crippen molar-refractivity contribution < 1.29 is 8.42 Å². The molecule has 8 heteroatoms. The Hall–Kier alpha value is -0.210. The molecule has 0 aromatic carbocycles. The molecule has 0 spiro atoms. The Kier molecular flexibility index (Phi) is 4.27. The third kappa shape index (κ3) is 4.87. The minimum Gasteiger partial charge on any atom is -0.360 e. The zero-order valence-corrected chi connectivity index (χ0v) is 10.7. The molecule has 0 saturated heterocycles. The van der Waals surface area contributed by atoms with Crippen LogP contribution in [0.3, 0.4) is 0 Å². The molecule has 0 unspecified atom stereocenters. The van der Waals surface area contributed by atoms with Crippen molar-refractivity contribution in [1.82, 2.24) is 10.2 Å². The van der Waals surface area contributed by atoms with E-state index in [1.54, 1.807) is 0 Å². The van der Waals surface area contributed by atoms with Crippen LogP contribution in [0.4, 0.5) is 5.13 Å². The number of hydrogen-bond donors (Lipinski definition) is 1. The summed E-state index contributed by atoms with van der Waals surface area (Å²) in [7, 11) is -2.86. The molecular formula is C6H10BrN3O2S2. The molecule has 0 bridgehead atoms. The highest BCUT2D eigenvalue weighted by Crippen LogP contribution is 2.19. The van der Waals surface area contributed by atoms with Crippen molar-refractivity contribution >= 4 is 42.2 Å². The molecule has 1 aromatic rings. The predicted molar refractivity (Wildman–Crippen MR) is 60.4 cm³/mol. The zero-order chi connectivity index (χ0) is 10.6. The van der Waals surface area contributed by atoms with E-state index in [0.717, 1.165) is 0 Å². The van der Waals surface area contributed by atoms with Gasteiger partial charge >= 0.3 is 0 Å². The predicted octanol–water partition coefficient (Wildman–Crippen LogP) is 1.15. The van der Waals surface area contributed by atoms with Gasteiger partial charge in [0.1, 0.15) is 9.84 Å². The Bertz CT molecular complexity index is 390. The van der Waals surface area contributed by atoms with Gasteiger partial charge in [-0.05, 0) is 22.4 Å². The number of nitrogens with one attached hydrogen (secondary N) is 1. The third-order valence-corrected chi connectivity index (χ3v) is 3.71. The molecule has 1 rings (SSSR count). The Balaban J connectivity index is 2.23. The lowest BCUT2D eigenvalue weighted by molar-refractivity contribution is 0.600. The van der Waals surface area contributed by atoms with Gasteiger partial charge in [-0.15, -0.1) is 10.2 Å². The van der Waals surface area contributed by atoms with Crippen molar-refractivity contribution in [2.45, 2.75) is 6.42 Å². The number of halogens is 1. The van der Waals surface area contributed by atoms with Gasteiger partial charge in [0.25, 0.3) is 0 Å². The molecule has 0 aliphatic rings. The zero-order valence-electron chi connectivity index (χ0n) is 7.53. The fourth-order valence-electron chi connectivity index (χ4n) is 0.806. The van der Waals surface area contributed by atoms with Crippen LogP contribution in [0.25, 0.3) is 0 Å². The Labute approximate surface area is 95.0 Å². The number of anilines is 1. The van der Waals surface area contributed by atoms with Crippen LogP contribution in [0.2, 0.25) is 0 Å². The molecule has 14 heavy (non-hydrogen) atoms. The van der Waals surface area contributed by atoms with E-state index < -0.39 is 9.84 Å². The number of nitrogens with zero attached hydrogens (tertiary/aromatic N) is 2. The molecule has 1 heterocycles. The summed E-state index contributed by atoms with van der Waals surface area (Å²) in [4.78, 5) is 0. The second kappa shape index (κ2) is 5.04. The monoisotopic (exact) mass is 299 g/mol. The van der Waals surface area contributed by atoms with Crippen LogP contribution in [-0.2, 0) is 9.84 Å². The van der Waals surface area contributed by atoms with Crippen LogP contribution >= 0.6 is 27.3 Å². The second-order valence-electron chi connectivity index (χ2n) is 2.77. The molecule has 1 N–H and O–H groups in total.